The summed E-state index contributed by atoms with van der Waals surface area (Å²) >= 11 is 1.58. The van der Waals surface area contributed by atoms with Crippen LogP contribution >= 0.6 is 11.3 Å². The lowest BCUT2D eigenvalue weighted by molar-refractivity contribution is 0.0600. The molecule has 1 aromatic carbocycles. The SMILES string of the molecule is COC(=O)c1ccc(-c2cn3nc(N4CCC(c5nc(C(C)C)no5)CC4)sc3n2)cc1. The van der Waals surface area contributed by atoms with Crippen molar-refractivity contribution in [3.8, 4) is 11.3 Å². The fourth-order valence-corrected chi connectivity index (χ4v) is 4.75. The first-order valence-corrected chi connectivity index (χ1v) is 11.5. The minimum atomic E-state index is -0.350. The molecule has 4 heterocycles. The molecule has 1 aliphatic rings. The summed E-state index contributed by atoms with van der Waals surface area (Å²) in [6.07, 6.45) is 3.83. The number of anilines is 1. The monoisotopic (exact) mass is 452 g/mol. The van der Waals surface area contributed by atoms with Crippen molar-refractivity contribution in [2.75, 3.05) is 25.1 Å². The number of fused-ring (bicyclic) bond motifs is 1. The molecule has 1 fully saturated rings. The Labute approximate surface area is 189 Å². The van der Waals surface area contributed by atoms with Crippen LogP contribution in [0.5, 0.6) is 0 Å². The van der Waals surface area contributed by atoms with E-state index in [2.05, 4.69) is 28.9 Å². The number of rotatable bonds is 5. The molecule has 0 bridgehead atoms. The zero-order valence-electron chi connectivity index (χ0n) is 18.2. The van der Waals surface area contributed by atoms with Crippen LogP contribution in [0.1, 0.15) is 60.6 Å². The van der Waals surface area contributed by atoms with Gasteiger partial charge < -0.3 is 14.2 Å². The van der Waals surface area contributed by atoms with Crippen molar-refractivity contribution >= 4 is 27.4 Å². The average Bonchev–Trinajstić information content (AvgIpc) is 3.54. The summed E-state index contributed by atoms with van der Waals surface area (Å²) in [6.45, 7) is 5.92. The summed E-state index contributed by atoms with van der Waals surface area (Å²) in [5, 5.41) is 9.80. The van der Waals surface area contributed by atoms with E-state index in [1.54, 1.807) is 23.5 Å². The predicted octanol–water partition coefficient (Wildman–Crippen LogP) is 4.13. The molecule has 0 spiro atoms. The summed E-state index contributed by atoms with van der Waals surface area (Å²) in [4.78, 5) is 24.0. The average molecular weight is 453 g/mol. The lowest BCUT2D eigenvalue weighted by Gasteiger charge is -2.29. The Bertz CT molecular complexity index is 1200. The van der Waals surface area contributed by atoms with Crippen molar-refractivity contribution in [3.05, 3.63) is 47.7 Å². The first-order chi connectivity index (χ1) is 15.5. The van der Waals surface area contributed by atoms with Gasteiger partial charge in [-0.1, -0.05) is 42.5 Å². The lowest BCUT2D eigenvalue weighted by Crippen LogP contribution is -2.33. The first kappa shape index (κ1) is 20.6. The maximum absolute atomic E-state index is 11.6. The van der Waals surface area contributed by atoms with Crippen LogP contribution in [0.3, 0.4) is 0 Å². The molecule has 0 unspecified atom stereocenters. The number of nitrogens with zero attached hydrogens (tertiary/aromatic N) is 6. The topological polar surface area (TPSA) is 98.7 Å². The standard InChI is InChI=1S/C22H24N6O3S/c1-13(2)18-24-19(31-26-18)15-8-10-27(11-9-15)22-25-28-12-17(23-21(28)32-22)14-4-6-16(7-5-14)20(29)30-3/h4-7,12-13,15H,8-11H2,1-3H3. The summed E-state index contributed by atoms with van der Waals surface area (Å²) in [5.41, 5.74) is 2.27. The zero-order valence-corrected chi connectivity index (χ0v) is 19.0. The number of benzene rings is 1. The highest BCUT2D eigenvalue weighted by molar-refractivity contribution is 7.20. The van der Waals surface area contributed by atoms with Gasteiger partial charge in [-0.25, -0.2) is 14.3 Å². The molecule has 1 saturated heterocycles. The maximum Gasteiger partial charge on any atom is 0.337 e. The van der Waals surface area contributed by atoms with Gasteiger partial charge in [-0.3, -0.25) is 0 Å². The summed E-state index contributed by atoms with van der Waals surface area (Å²) in [5.74, 6) is 1.76. The quantitative estimate of drug-likeness (QED) is 0.417. The molecule has 4 aromatic rings. The Hall–Kier alpha value is -3.27. The molecular formula is C22H24N6O3S. The molecule has 10 heteroatoms. The molecule has 166 valence electrons. The van der Waals surface area contributed by atoms with Crippen LogP contribution in [0.4, 0.5) is 5.13 Å². The Balaban J connectivity index is 1.26. The number of methoxy groups -OCH3 is 1. The Morgan fingerprint density at radius 2 is 1.94 bits per heavy atom. The minimum Gasteiger partial charge on any atom is -0.465 e. The smallest absolute Gasteiger partial charge is 0.337 e. The highest BCUT2D eigenvalue weighted by atomic mass is 32.1. The Morgan fingerprint density at radius 3 is 2.56 bits per heavy atom. The van der Waals surface area contributed by atoms with Crippen molar-refractivity contribution in [1.29, 1.82) is 0 Å². The van der Waals surface area contributed by atoms with Crippen LogP contribution in [0.15, 0.2) is 35.0 Å². The van der Waals surface area contributed by atoms with Crippen LogP contribution in [0.25, 0.3) is 16.2 Å². The number of imidazole rings is 1. The highest BCUT2D eigenvalue weighted by Crippen LogP contribution is 2.33. The van der Waals surface area contributed by atoms with Gasteiger partial charge in [-0.15, -0.1) is 5.10 Å². The van der Waals surface area contributed by atoms with E-state index in [-0.39, 0.29) is 11.9 Å². The van der Waals surface area contributed by atoms with E-state index in [0.29, 0.717) is 11.5 Å². The van der Waals surface area contributed by atoms with Crippen LogP contribution in [-0.2, 0) is 4.74 Å². The summed E-state index contributed by atoms with van der Waals surface area (Å²) in [7, 11) is 1.37. The van der Waals surface area contributed by atoms with Crippen molar-refractivity contribution in [2.24, 2.45) is 0 Å². The Kier molecular flexibility index (Phi) is 5.38. The van der Waals surface area contributed by atoms with E-state index in [4.69, 9.17) is 19.3 Å². The molecule has 0 radical (unpaired) electrons. The highest BCUT2D eigenvalue weighted by Gasteiger charge is 2.27. The number of esters is 1. The van der Waals surface area contributed by atoms with Gasteiger partial charge in [0.1, 0.15) is 0 Å². The van der Waals surface area contributed by atoms with Crippen LogP contribution < -0.4 is 4.90 Å². The summed E-state index contributed by atoms with van der Waals surface area (Å²) < 4.78 is 12.1. The molecule has 9 nitrogen and oxygen atoms in total. The number of hydrogen-bond acceptors (Lipinski definition) is 9. The second kappa shape index (κ2) is 8.34. The van der Waals surface area contributed by atoms with Gasteiger partial charge in [-0.05, 0) is 25.0 Å². The normalized spacial score (nSPS) is 15.1. The van der Waals surface area contributed by atoms with Gasteiger partial charge in [0, 0.05) is 30.5 Å². The molecule has 1 aliphatic heterocycles. The number of hydrogen-bond donors (Lipinski definition) is 0. The fourth-order valence-electron chi connectivity index (χ4n) is 3.82. The Morgan fingerprint density at radius 1 is 1.19 bits per heavy atom. The third-order valence-electron chi connectivity index (χ3n) is 5.72. The molecule has 0 amide bonds. The first-order valence-electron chi connectivity index (χ1n) is 10.6. The molecule has 5 rings (SSSR count). The largest absolute Gasteiger partial charge is 0.465 e. The van der Waals surface area contributed by atoms with E-state index < -0.39 is 0 Å². The number of carbonyl (C=O) groups excluding carboxylic acids is 1. The van der Waals surface area contributed by atoms with Gasteiger partial charge in [0.25, 0.3) is 0 Å². The third-order valence-corrected chi connectivity index (χ3v) is 6.71. The third kappa shape index (κ3) is 3.86. The molecular weight excluding hydrogens is 428 g/mol. The molecule has 0 saturated carbocycles. The number of carbonyl (C=O) groups is 1. The second-order valence-electron chi connectivity index (χ2n) is 8.21. The van der Waals surface area contributed by atoms with E-state index in [0.717, 1.165) is 59.0 Å². The van der Waals surface area contributed by atoms with Crippen LogP contribution in [0.2, 0.25) is 0 Å². The van der Waals surface area contributed by atoms with Crippen molar-refractivity contribution < 1.29 is 14.1 Å². The molecule has 32 heavy (non-hydrogen) atoms. The maximum atomic E-state index is 11.6. The molecule has 3 aromatic heterocycles. The molecule has 0 N–H and O–H groups in total. The minimum absolute atomic E-state index is 0.273. The van der Waals surface area contributed by atoms with Gasteiger partial charge >= 0.3 is 5.97 Å². The lowest BCUT2D eigenvalue weighted by atomic mass is 9.97. The second-order valence-corrected chi connectivity index (χ2v) is 9.15. The fraction of sp³-hybridized carbons (Fsp3) is 0.409. The molecule has 0 aliphatic carbocycles. The molecule has 0 atom stereocenters. The number of piperidine rings is 1. The van der Waals surface area contributed by atoms with E-state index in [9.17, 15) is 4.79 Å². The van der Waals surface area contributed by atoms with Gasteiger partial charge in [0.05, 0.1) is 24.6 Å². The predicted molar refractivity (Wildman–Crippen MR) is 120 cm³/mol. The number of aromatic nitrogens is 5. The van der Waals surface area contributed by atoms with Crippen molar-refractivity contribution in [2.45, 2.75) is 38.5 Å². The van der Waals surface area contributed by atoms with Gasteiger partial charge in [0.15, 0.2) is 5.82 Å². The van der Waals surface area contributed by atoms with E-state index in [1.165, 1.54) is 7.11 Å². The van der Waals surface area contributed by atoms with E-state index in [1.807, 2.05) is 22.8 Å². The summed E-state index contributed by atoms with van der Waals surface area (Å²) in [6, 6.07) is 7.22. The van der Waals surface area contributed by atoms with Crippen molar-refractivity contribution in [3.63, 3.8) is 0 Å². The van der Waals surface area contributed by atoms with Crippen LogP contribution in [0, 0.1) is 0 Å². The number of ether oxygens (including phenoxy) is 1. The van der Waals surface area contributed by atoms with Crippen LogP contribution in [-0.4, -0.2) is 50.9 Å². The van der Waals surface area contributed by atoms with Gasteiger partial charge in [0.2, 0.25) is 16.0 Å². The van der Waals surface area contributed by atoms with E-state index >= 15 is 0 Å². The van der Waals surface area contributed by atoms with Crippen molar-refractivity contribution in [1.82, 2.24) is 24.7 Å². The zero-order chi connectivity index (χ0) is 22.2. The van der Waals surface area contributed by atoms with Gasteiger partial charge in [-0.2, -0.15) is 4.98 Å².